The summed E-state index contributed by atoms with van der Waals surface area (Å²) in [5, 5.41) is 11.9. The number of halogens is 1. The third kappa shape index (κ3) is 4.13. The first-order valence-electron chi connectivity index (χ1n) is 10.2. The van der Waals surface area contributed by atoms with Gasteiger partial charge in [0.2, 0.25) is 0 Å². The van der Waals surface area contributed by atoms with Gasteiger partial charge in [0.1, 0.15) is 0 Å². The number of aryl methyl sites for hydroxylation is 2. The summed E-state index contributed by atoms with van der Waals surface area (Å²) in [6.45, 7) is 8.04. The molecule has 0 aliphatic heterocycles. The van der Waals surface area contributed by atoms with Crippen LogP contribution in [-0.4, -0.2) is 41.5 Å². The molecular formula is C20H36IN5O. The Labute approximate surface area is 180 Å². The Balaban J connectivity index is 0.00000261. The van der Waals surface area contributed by atoms with Gasteiger partial charge in [0.05, 0.1) is 11.8 Å². The standard InChI is InChI=1S/C20H35N5O.HI/c1-6-15-14(16(7-2)25(5)24-15)13-22-19(21-4)23-17-12-18(26-8-3)20(17)10-9-11-20;/h17-18H,6-13H2,1-5H3,(H2,21,22,23);1H. The molecule has 0 aromatic carbocycles. The van der Waals surface area contributed by atoms with E-state index in [9.17, 15) is 0 Å². The van der Waals surface area contributed by atoms with Crippen LogP contribution in [0.1, 0.15) is 63.4 Å². The first-order valence-corrected chi connectivity index (χ1v) is 10.2. The van der Waals surface area contributed by atoms with Crippen molar-refractivity contribution in [3.63, 3.8) is 0 Å². The van der Waals surface area contributed by atoms with Crippen molar-refractivity contribution in [1.29, 1.82) is 0 Å². The lowest BCUT2D eigenvalue weighted by molar-refractivity contribution is -0.168. The van der Waals surface area contributed by atoms with Crippen molar-refractivity contribution < 1.29 is 4.74 Å². The molecule has 1 aromatic rings. The maximum absolute atomic E-state index is 5.96. The van der Waals surface area contributed by atoms with E-state index >= 15 is 0 Å². The van der Waals surface area contributed by atoms with Crippen LogP contribution in [0.15, 0.2) is 4.99 Å². The largest absolute Gasteiger partial charge is 0.378 e. The van der Waals surface area contributed by atoms with Crippen LogP contribution in [0, 0.1) is 5.41 Å². The lowest BCUT2D eigenvalue weighted by atomic mass is 9.51. The highest BCUT2D eigenvalue weighted by Gasteiger charge is 2.59. The zero-order valence-corrected chi connectivity index (χ0v) is 19.8. The molecule has 7 heteroatoms. The average Bonchev–Trinajstić information content (AvgIpc) is 2.89. The summed E-state index contributed by atoms with van der Waals surface area (Å²) in [5.41, 5.74) is 4.15. The Morgan fingerprint density at radius 3 is 2.56 bits per heavy atom. The van der Waals surface area contributed by atoms with Crippen LogP contribution in [0.2, 0.25) is 0 Å². The van der Waals surface area contributed by atoms with Gasteiger partial charge in [0.25, 0.3) is 0 Å². The fourth-order valence-electron chi connectivity index (χ4n) is 4.77. The van der Waals surface area contributed by atoms with Crippen molar-refractivity contribution in [3.05, 3.63) is 17.0 Å². The minimum Gasteiger partial charge on any atom is -0.378 e. The SMILES string of the molecule is CCOC1CC(NC(=NC)NCc2c(CC)nn(C)c2CC)C12CCC2.I. The maximum Gasteiger partial charge on any atom is 0.191 e. The van der Waals surface area contributed by atoms with E-state index in [2.05, 4.69) is 41.5 Å². The first kappa shape index (κ1) is 22.5. The van der Waals surface area contributed by atoms with E-state index in [-0.39, 0.29) is 24.0 Å². The molecule has 0 bridgehead atoms. The number of nitrogens with zero attached hydrogens (tertiary/aromatic N) is 3. The minimum atomic E-state index is 0. The molecule has 3 rings (SSSR count). The zero-order valence-electron chi connectivity index (χ0n) is 17.5. The monoisotopic (exact) mass is 489 g/mol. The average molecular weight is 489 g/mol. The van der Waals surface area contributed by atoms with Crippen LogP contribution in [0.3, 0.4) is 0 Å². The Hall–Kier alpha value is -0.830. The molecular weight excluding hydrogens is 453 g/mol. The molecule has 0 saturated heterocycles. The summed E-state index contributed by atoms with van der Waals surface area (Å²) >= 11 is 0. The van der Waals surface area contributed by atoms with E-state index in [1.165, 1.54) is 36.2 Å². The van der Waals surface area contributed by atoms with Crippen LogP contribution in [-0.2, 0) is 31.2 Å². The fourth-order valence-corrected chi connectivity index (χ4v) is 4.77. The predicted molar refractivity (Wildman–Crippen MR) is 121 cm³/mol. The van der Waals surface area contributed by atoms with Crippen molar-refractivity contribution in [2.45, 2.75) is 78.0 Å². The molecule has 2 aliphatic carbocycles. The molecule has 1 spiro atoms. The van der Waals surface area contributed by atoms with Gasteiger partial charge in [-0.2, -0.15) is 5.10 Å². The van der Waals surface area contributed by atoms with Crippen LogP contribution in [0.25, 0.3) is 0 Å². The van der Waals surface area contributed by atoms with Gasteiger partial charge >= 0.3 is 0 Å². The van der Waals surface area contributed by atoms with E-state index in [4.69, 9.17) is 4.74 Å². The smallest absolute Gasteiger partial charge is 0.191 e. The lowest BCUT2D eigenvalue weighted by Gasteiger charge is -2.61. The molecule has 2 fully saturated rings. The van der Waals surface area contributed by atoms with Gasteiger partial charge in [-0.05, 0) is 39.0 Å². The molecule has 2 aliphatic rings. The first-order chi connectivity index (χ1) is 12.6. The second-order valence-corrected chi connectivity index (χ2v) is 7.59. The summed E-state index contributed by atoms with van der Waals surface area (Å²) in [5.74, 6) is 0.893. The second kappa shape index (κ2) is 9.58. The van der Waals surface area contributed by atoms with E-state index in [0.29, 0.717) is 17.6 Å². The molecule has 1 heterocycles. The summed E-state index contributed by atoms with van der Waals surface area (Å²) in [4.78, 5) is 4.46. The minimum absolute atomic E-state index is 0. The quantitative estimate of drug-likeness (QED) is 0.351. The number of hydrogen-bond donors (Lipinski definition) is 2. The number of guanidine groups is 1. The van der Waals surface area contributed by atoms with Crippen LogP contribution >= 0.6 is 24.0 Å². The predicted octanol–water partition coefficient (Wildman–Crippen LogP) is 3.18. The van der Waals surface area contributed by atoms with Gasteiger partial charge < -0.3 is 15.4 Å². The third-order valence-corrected chi connectivity index (χ3v) is 6.43. The fraction of sp³-hybridized carbons (Fsp3) is 0.800. The summed E-state index contributed by atoms with van der Waals surface area (Å²) in [7, 11) is 3.89. The zero-order chi connectivity index (χ0) is 18.7. The molecule has 154 valence electrons. The number of aliphatic imine (C=N–C) groups is 1. The Morgan fingerprint density at radius 2 is 2.04 bits per heavy atom. The van der Waals surface area contributed by atoms with Crippen molar-refractivity contribution in [2.24, 2.45) is 17.5 Å². The summed E-state index contributed by atoms with van der Waals surface area (Å²) in [6.07, 6.45) is 7.33. The van der Waals surface area contributed by atoms with Crippen LogP contribution in [0.4, 0.5) is 0 Å². The van der Waals surface area contributed by atoms with Crippen LogP contribution < -0.4 is 10.6 Å². The molecule has 1 aromatic heterocycles. The van der Waals surface area contributed by atoms with Crippen LogP contribution in [0.5, 0.6) is 0 Å². The molecule has 2 atom stereocenters. The van der Waals surface area contributed by atoms with Crippen molar-refractivity contribution in [2.75, 3.05) is 13.7 Å². The number of ether oxygens (including phenoxy) is 1. The molecule has 6 nitrogen and oxygen atoms in total. The highest BCUT2D eigenvalue weighted by atomic mass is 127. The summed E-state index contributed by atoms with van der Waals surface area (Å²) < 4.78 is 7.98. The topological polar surface area (TPSA) is 63.5 Å². The van der Waals surface area contributed by atoms with Gasteiger partial charge in [-0.15, -0.1) is 24.0 Å². The third-order valence-electron chi connectivity index (χ3n) is 6.43. The van der Waals surface area contributed by atoms with E-state index in [1.54, 1.807) is 0 Å². The number of rotatable bonds is 7. The normalized spacial score (nSPS) is 23.4. The molecule has 0 amide bonds. The number of hydrogen-bond acceptors (Lipinski definition) is 3. The van der Waals surface area contributed by atoms with Gasteiger partial charge in [-0.3, -0.25) is 9.67 Å². The highest BCUT2D eigenvalue weighted by molar-refractivity contribution is 14.0. The molecule has 2 unspecified atom stereocenters. The lowest BCUT2D eigenvalue weighted by Crippen LogP contribution is -2.68. The molecule has 2 N–H and O–H groups in total. The van der Waals surface area contributed by atoms with Crippen molar-refractivity contribution in [1.82, 2.24) is 20.4 Å². The Morgan fingerprint density at radius 1 is 1.30 bits per heavy atom. The van der Waals surface area contributed by atoms with Gasteiger partial charge in [-0.1, -0.05) is 20.3 Å². The molecule has 27 heavy (non-hydrogen) atoms. The van der Waals surface area contributed by atoms with Gasteiger partial charge in [-0.25, -0.2) is 0 Å². The van der Waals surface area contributed by atoms with E-state index in [0.717, 1.165) is 38.4 Å². The maximum atomic E-state index is 5.96. The summed E-state index contributed by atoms with van der Waals surface area (Å²) in [6, 6.07) is 0.476. The van der Waals surface area contributed by atoms with E-state index in [1.807, 2.05) is 18.8 Å². The second-order valence-electron chi connectivity index (χ2n) is 7.59. The van der Waals surface area contributed by atoms with E-state index < -0.39 is 0 Å². The Kier molecular flexibility index (Phi) is 7.97. The molecule has 2 saturated carbocycles. The number of nitrogens with one attached hydrogen (secondary N) is 2. The van der Waals surface area contributed by atoms with Gasteiger partial charge in [0, 0.05) is 50.0 Å². The van der Waals surface area contributed by atoms with Crippen molar-refractivity contribution in [3.8, 4) is 0 Å². The molecule has 0 radical (unpaired) electrons. The van der Waals surface area contributed by atoms with Crippen molar-refractivity contribution >= 4 is 29.9 Å². The Bertz CT molecular complexity index is 653. The number of aromatic nitrogens is 2. The highest BCUT2D eigenvalue weighted by Crippen LogP contribution is 2.57. The van der Waals surface area contributed by atoms with Gasteiger partial charge in [0.15, 0.2) is 5.96 Å².